The van der Waals surface area contributed by atoms with Crippen molar-refractivity contribution in [2.75, 3.05) is 0 Å². The van der Waals surface area contributed by atoms with E-state index in [1.54, 1.807) is 0 Å². The van der Waals surface area contributed by atoms with Crippen molar-refractivity contribution in [3.63, 3.8) is 0 Å². The van der Waals surface area contributed by atoms with Gasteiger partial charge in [-0.1, -0.05) is 85.4 Å². The molecule has 0 aliphatic heterocycles. The summed E-state index contributed by atoms with van der Waals surface area (Å²) in [6.45, 7) is 12.0. The Morgan fingerprint density at radius 2 is 0.462 bits per heavy atom. The molecular weight excluding hydrogens is 156 g/mol. The van der Waals surface area contributed by atoms with Crippen molar-refractivity contribution in [2.45, 2.75) is 49.0 Å². The first-order chi connectivity index (χ1) is 6.00. The summed E-state index contributed by atoms with van der Waals surface area (Å²) < 4.78 is 0. The van der Waals surface area contributed by atoms with E-state index in [0.717, 1.165) is 0 Å². The van der Waals surface area contributed by atoms with E-state index in [1.165, 1.54) is 0 Å². The largest absolute Gasteiger partial charge is 0.0776 e. The molecule has 0 radical (unpaired) electrons. The number of rotatable bonds is 0. The van der Waals surface area contributed by atoms with Gasteiger partial charge in [0, 0.05) is 0 Å². The number of hydrogen-bond donors (Lipinski definition) is 0. The normalized spacial score (nSPS) is 5.08. The molecule has 0 unspecified atom stereocenters. The van der Waals surface area contributed by atoms with E-state index in [2.05, 4.69) is 0 Å². The molecule has 0 heteroatoms. The van der Waals surface area contributed by atoms with Gasteiger partial charge in [-0.3, -0.25) is 0 Å². The van der Waals surface area contributed by atoms with Crippen LogP contribution in [0, 0.1) is 0 Å². The lowest BCUT2D eigenvalue weighted by Gasteiger charge is -1.69. The molecule has 0 fully saturated rings. The standard InChI is InChI=1S/C6H6.3C2H6.CH4/c1-2-4-6-5-3-1;3*1-2;/h1-6H;3*1-2H3;1H4. The molecule has 0 saturated carbocycles. The van der Waals surface area contributed by atoms with Crippen LogP contribution in [0.2, 0.25) is 0 Å². The molecule has 0 N–H and O–H groups in total. The van der Waals surface area contributed by atoms with E-state index in [1.807, 2.05) is 77.9 Å². The van der Waals surface area contributed by atoms with E-state index in [0.29, 0.717) is 0 Å². The van der Waals surface area contributed by atoms with Crippen molar-refractivity contribution in [3.05, 3.63) is 36.4 Å². The summed E-state index contributed by atoms with van der Waals surface area (Å²) in [7, 11) is 0. The minimum Gasteiger partial charge on any atom is -0.0776 e. The number of hydrogen-bond acceptors (Lipinski definition) is 0. The molecule has 1 rings (SSSR count). The molecule has 0 spiro atoms. The van der Waals surface area contributed by atoms with E-state index < -0.39 is 0 Å². The maximum Gasteiger partial charge on any atom is -0.0623 e. The van der Waals surface area contributed by atoms with Crippen LogP contribution in [0.15, 0.2) is 36.4 Å². The molecule has 0 aliphatic rings. The minimum atomic E-state index is 0. The van der Waals surface area contributed by atoms with Crippen LogP contribution in [0.1, 0.15) is 49.0 Å². The van der Waals surface area contributed by atoms with Crippen LogP contribution in [0.5, 0.6) is 0 Å². The monoisotopic (exact) mass is 184 g/mol. The highest BCUT2D eigenvalue weighted by molar-refractivity contribution is 4.99. The summed E-state index contributed by atoms with van der Waals surface area (Å²) >= 11 is 0. The van der Waals surface area contributed by atoms with Gasteiger partial charge < -0.3 is 0 Å². The summed E-state index contributed by atoms with van der Waals surface area (Å²) in [5, 5.41) is 0. The molecule has 1 aromatic rings. The van der Waals surface area contributed by atoms with Gasteiger partial charge in [0.25, 0.3) is 0 Å². The second-order valence-electron chi connectivity index (χ2n) is 1.15. The first kappa shape index (κ1) is 22.8. The Hall–Kier alpha value is -0.780. The van der Waals surface area contributed by atoms with Gasteiger partial charge in [0.05, 0.1) is 0 Å². The first-order valence-electron chi connectivity index (χ1n) is 5.00. The molecule has 0 atom stereocenters. The van der Waals surface area contributed by atoms with Gasteiger partial charge in [0.1, 0.15) is 0 Å². The van der Waals surface area contributed by atoms with Gasteiger partial charge in [-0.05, 0) is 0 Å². The van der Waals surface area contributed by atoms with Crippen LogP contribution in [0.3, 0.4) is 0 Å². The smallest absolute Gasteiger partial charge is 0.0623 e. The van der Waals surface area contributed by atoms with Crippen LogP contribution in [-0.4, -0.2) is 0 Å². The maximum absolute atomic E-state index is 2.00. The average molecular weight is 184 g/mol. The fourth-order valence-electron chi connectivity index (χ4n) is 0.385. The Morgan fingerprint density at radius 1 is 0.385 bits per heavy atom. The molecule has 0 aromatic heterocycles. The van der Waals surface area contributed by atoms with Crippen LogP contribution in [-0.2, 0) is 0 Å². The molecule has 0 amide bonds. The summed E-state index contributed by atoms with van der Waals surface area (Å²) in [6, 6.07) is 12.0. The van der Waals surface area contributed by atoms with Crippen molar-refractivity contribution in [1.29, 1.82) is 0 Å². The van der Waals surface area contributed by atoms with Crippen molar-refractivity contribution in [2.24, 2.45) is 0 Å². The molecule has 1 aromatic carbocycles. The second-order valence-corrected chi connectivity index (χ2v) is 1.15. The third-order valence-electron chi connectivity index (χ3n) is 0.667. The lowest BCUT2D eigenvalue weighted by Crippen LogP contribution is -1.47. The number of benzene rings is 1. The van der Waals surface area contributed by atoms with Crippen LogP contribution >= 0.6 is 0 Å². The van der Waals surface area contributed by atoms with Gasteiger partial charge in [-0.25, -0.2) is 0 Å². The van der Waals surface area contributed by atoms with E-state index >= 15 is 0 Å². The van der Waals surface area contributed by atoms with E-state index in [-0.39, 0.29) is 7.43 Å². The zero-order chi connectivity index (χ0) is 10.2. The highest BCUT2D eigenvalue weighted by Crippen LogP contribution is 1.79. The molecule has 80 valence electrons. The van der Waals surface area contributed by atoms with Gasteiger partial charge in [-0.2, -0.15) is 0 Å². The Balaban J connectivity index is -0.0000000508. The van der Waals surface area contributed by atoms with Gasteiger partial charge in [-0.15, -0.1) is 0 Å². The summed E-state index contributed by atoms with van der Waals surface area (Å²) in [5.74, 6) is 0. The van der Waals surface area contributed by atoms with E-state index in [9.17, 15) is 0 Å². The van der Waals surface area contributed by atoms with Crippen LogP contribution in [0.4, 0.5) is 0 Å². The van der Waals surface area contributed by atoms with E-state index in [4.69, 9.17) is 0 Å². The van der Waals surface area contributed by atoms with Crippen molar-refractivity contribution < 1.29 is 0 Å². The zero-order valence-corrected chi connectivity index (χ0v) is 9.46. The van der Waals surface area contributed by atoms with Gasteiger partial charge in [0.2, 0.25) is 0 Å². The highest BCUT2D eigenvalue weighted by atomic mass is 13.6. The van der Waals surface area contributed by atoms with Crippen LogP contribution < -0.4 is 0 Å². The quantitative estimate of drug-likeness (QED) is 0.506. The molecule has 0 bridgehead atoms. The lowest BCUT2D eigenvalue weighted by molar-refractivity contribution is 1.50. The van der Waals surface area contributed by atoms with Crippen molar-refractivity contribution >= 4 is 0 Å². The Kier molecular flexibility index (Phi) is 75.3. The predicted octanol–water partition coefficient (Wildman–Crippen LogP) is 5.40. The summed E-state index contributed by atoms with van der Waals surface area (Å²) in [5.41, 5.74) is 0. The Morgan fingerprint density at radius 3 is 0.538 bits per heavy atom. The maximum atomic E-state index is 2.00. The average Bonchev–Trinajstić information content (AvgIpc) is 2.29. The fourth-order valence-corrected chi connectivity index (χ4v) is 0.385. The fraction of sp³-hybridized carbons (Fsp3) is 0.538. The van der Waals surface area contributed by atoms with Crippen LogP contribution in [0.25, 0.3) is 0 Å². The van der Waals surface area contributed by atoms with Crippen molar-refractivity contribution in [1.82, 2.24) is 0 Å². The molecule has 0 nitrogen and oxygen atoms in total. The Bertz CT molecular complexity index is 72.0. The van der Waals surface area contributed by atoms with Crippen molar-refractivity contribution in [3.8, 4) is 0 Å². The molecule has 0 heterocycles. The van der Waals surface area contributed by atoms with Gasteiger partial charge in [0.15, 0.2) is 0 Å². The molecule has 0 saturated heterocycles. The third kappa shape index (κ3) is 35.0. The first-order valence-corrected chi connectivity index (χ1v) is 5.00. The zero-order valence-electron chi connectivity index (χ0n) is 9.46. The Labute approximate surface area is 86.0 Å². The third-order valence-corrected chi connectivity index (χ3v) is 0.667. The predicted molar refractivity (Wildman–Crippen MR) is 67.2 cm³/mol. The molecule has 0 aliphatic carbocycles. The molecule has 13 heavy (non-hydrogen) atoms. The SMILES string of the molecule is C.CC.CC.CC.c1ccccc1. The topological polar surface area (TPSA) is 0 Å². The molecular formula is C13H28. The second kappa shape index (κ2) is 43.0. The van der Waals surface area contributed by atoms with Gasteiger partial charge >= 0.3 is 0 Å². The summed E-state index contributed by atoms with van der Waals surface area (Å²) in [4.78, 5) is 0. The minimum absolute atomic E-state index is 0. The summed E-state index contributed by atoms with van der Waals surface area (Å²) in [6.07, 6.45) is 0. The lowest BCUT2D eigenvalue weighted by atomic mass is 10.4. The highest BCUT2D eigenvalue weighted by Gasteiger charge is 1.57.